The van der Waals surface area contributed by atoms with Gasteiger partial charge in [-0.2, -0.15) is 0 Å². The standard InChI is InChI=1S/C13H16FN3OS/c1-19-13(15)16-7-9-6-12(18)17(8-9)11-4-2-10(14)3-5-11/h2-5,9H,6-8H2,1H3,(H2,15,16). The van der Waals surface area contributed by atoms with Gasteiger partial charge in [0.05, 0.1) is 0 Å². The van der Waals surface area contributed by atoms with Crippen molar-refractivity contribution in [3.05, 3.63) is 30.1 Å². The first-order valence-electron chi connectivity index (χ1n) is 6.00. The summed E-state index contributed by atoms with van der Waals surface area (Å²) in [7, 11) is 0. The van der Waals surface area contributed by atoms with Gasteiger partial charge in [-0.15, -0.1) is 0 Å². The van der Waals surface area contributed by atoms with Crippen LogP contribution in [0.2, 0.25) is 0 Å². The number of hydrogen-bond acceptors (Lipinski definition) is 3. The van der Waals surface area contributed by atoms with Crippen molar-refractivity contribution in [1.29, 1.82) is 0 Å². The van der Waals surface area contributed by atoms with Crippen molar-refractivity contribution in [3.63, 3.8) is 0 Å². The number of hydrogen-bond donors (Lipinski definition) is 1. The molecule has 2 N–H and O–H groups in total. The minimum absolute atomic E-state index is 0.0505. The van der Waals surface area contributed by atoms with E-state index in [1.807, 2.05) is 6.26 Å². The number of aliphatic imine (C=N–C) groups is 1. The highest BCUT2D eigenvalue weighted by molar-refractivity contribution is 8.13. The van der Waals surface area contributed by atoms with Gasteiger partial charge in [0.15, 0.2) is 5.17 Å². The molecule has 1 atom stereocenters. The monoisotopic (exact) mass is 281 g/mol. The van der Waals surface area contributed by atoms with Crippen LogP contribution in [-0.2, 0) is 4.79 Å². The molecule has 1 heterocycles. The second-order valence-electron chi connectivity index (χ2n) is 4.43. The smallest absolute Gasteiger partial charge is 0.227 e. The lowest BCUT2D eigenvalue weighted by atomic mass is 10.1. The summed E-state index contributed by atoms with van der Waals surface area (Å²) in [6.45, 7) is 1.16. The summed E-state index contributed by atoms with van der Waals surface area (Å²) in [6.07, 6.45) is 2.33. The second-order valence-corrected chi connectivity index (χ2v) is 5.26. The third kappa shape index (κ3) is 3.47. The molecular formula is C13H16FN3OS. The first kappa shape index (κ1) is 13.9. The Morgan fingerprint density at radius 1 is 1.53 bits per heavy atom. The Morgan fingerprint density at radius 2 is 2.21 bits per heavy atom. The second kappa shape index (κ2) is 6.06. The van der Waals surface area contributed by atoms with Gasteiger partial charge in [-0.25, -0.2) is 4.39 Å². The van der Waals surface area contributed by atoms with Crippen LogP contribution >= 0.6 is 11.8 Å². The average molecular weight is 281 g/mol. The minimum atomic E-state index is -0.302. The maximum Gasteiger partial charge on any atom is 0.227 e. The van der Waals surface area contributed by atoms with Crippen molar-refractivity contribution < 1.29 is 9.18 Å². The number of carbonyl (C=O) groups is 1. The van der Waals surface area contributed by atoms with Crippen LogP contribution in [0.15, 0.2) is 29.3 Å². The van der Waals surface area contributed by atoms with Crippen LogP contribution in [0.5, 0.6) is 0 Å². The molecule has 19 heavy (non-hydrogen) atoms. The molecule has 1 aromatic carbocycles. The number of rotatable bonds is 3. The zero-order chi connectivity index (χ0) is 13.8. The van der Waals surface area contributed by atoms with Gasteiger partial charge in [-0.05, 0) is 30.5 Å². The van der Waals surface area contributed by atoms with Gasteiger partial charge in [0, 0.05) is 31.1 Å². The normalized spacial score (nSPS) is 20.1. The number of nitrogens with two attached hydrogens (primary N) is 1. The predicted octanol–water partition coefficient (Wildman–Crippen LogP) is 1.86. The van der Waals surface area contributed by atoms with E-state index in [2.05, 4.69) is 4.99 Å². The molecule has 1 unspecified atom stereocenters. The van der Waals surface area contributed by atoms with Crippen molar-refractivity contribution in [2.45, 2.75) is 6.42 Å². The molecule has 0 saturated carbocycles. The number of benzene rings is 1. The fourth-order valence-electron chi connectivity index (χ4n) is 2.06. The van der Waals surface area contributed by atoms with Gasteiger partial charge in [0.25, 0.3) is 0 Å². The molecular weight excluding hydrogens is 265 g/mol. The SMILES string of the molecule is CSC(N)=NCC1CC(=O)N(c2ccc(F)cc2)C1. The van der Waals surface area contributed by atoms with E-state index in [4.69, 9.17) is 5.73 Å². The van der Waals surface area contributed by atoms with Crippen LogP contribution in [0.4, 0.5) is 10.1 Å². The van der Waals surface area contributed by atoms with Crippen LogP contribution in [0.1, 0.15) is 6.42 Å². The number of amides is 1. The summed E-state index contributed by atoms with van der Waals surface area (Å²) in [5.41, 5.74) is 6.35. The van der Waals surface area contributed by atoms with E-state index < -0.39 is 0 Å². The fraction of sp³-hybridized carbons (Fsp3) is 0.385. The van der Waals surface area contributed by atoms with Crippen molar-refractivity contribution in [1.82, 2.24) is 0 Å². The first-order valence-corrected chi connectivity index (χ1v) is 7.22. The topological polar surface area (TPSA) is 58.7 Å². The van der Waals surface area contributed by atoms with Gasteiger partial charge >= 0.3 is 0 Å². The summed E-state index contributed by atoms with van der Waals surface area (Å²) in [5.74, 6) is -0.0814. The third-order valence-corrected chi connectivity index (χ3v) is 3.61. The zero-order valence-corrected chi connectivity index (χ0v) is 11.5. The molecule has 0 aromatic heterocycles. The van der Waals surface area contributed by atoms with E-state index in [-0.39, 0.29) is 17.6 Å². The number of thioether (sulfide) groups is 1. The molecule has 1 amide bonds. The number of carbonyl (C=O) groups excluding carboxylic acids is 1. The molecule has 0 radical (unpaired) electrons. The Morgan fingerprint density at radius 3 is 2.84 bits per heavy atom. The van der Waals surface area contributed by atoms with Crippen molar-refractivity contribution >= 4 is 28.5 Å². The Balaban J connectivity index is 2.01. The fourth-order valence-corrected chi connectivity index (χ4v) is 2.26. The van der Waals surface area contributed by atoms with Crippen LogP contribution in [0.3, 0.4) is 0 Å². The minimum Gasteiger partial charge on any atom is -0.379 e. The largest absolute Gasteiger partial charge is 0.379 e. The molecule has 0 spiro atoms. The summed E-state index contributed by atoms with van der Waals surface area (Å²) < 4.78 is 12.9. The molecule has 1 saturated heterocycles. The lowest BCUT2D eigenvalue weighted by Gasteiger charge is -2.16. The molecule has 1 aliphatic heterocycles. The lowest BCUT2D eigenvalue weighted by Crippen LogP contribution is -2.24. The predicted molar refractivity (Wildman–Crippen MR) is 76.9 cm³/mol. The van der Waals surface area contributed by atoms with Crippen molar-refractivity contribution in [2.24, 2.45) is 16.6 Å². The molecule has 2 rings (SSSR count). The Labute approximate surface area is 115 Å². The molecule has 0 aliphatic carbocycles. The molecule has 1 aliphatic rings. The average Bonchev–Trinajstić information content (AvgIpc) is 2.78. The van der Waals surface area contributed by atoms with E-state index in [1.165, 1.54) is 23.9 Å². The van der Waals surface area contributed by atoms with Crippen molar-refractivity contribution in [3.8, 4) is 0 Å². The summed E-state index contributed by atoms with van der Waals surface area (Å²) in [5, 5.41) is 0.535. The van der Waals surface area contributed by atoms with Gasteiger partial charge in [0.1, 0.15) is 5.82 Å². The quantitative estimate of drug-likeness (QED) is 0.679. The number of anilines is 1. The maximum absolute atomic E-state index is 12.9. The Kier molecular flexibility index (Phi) is 4.42. The van der Waals surface area contributed by atoms with Gasteiger partial charge < -0.3 is 10.6 Å². The molecule has 102 valence electrons. The summed E-state index contributed by atoms with van der Waals surface area (Å²) in [6, 6.07) is 5.96. The third-order valence-electron chi connectivity index (χ3n) is 3.06. The lowest BCUT2D eigenvalue weighted by molar-refractivity contribution is -0.117. The summed E-state index contributed by atoms with van der Waals surface area (Å²) >= 11 is 1.40. The Bertz CT molecular complexity index is 489. The Hall–Kier alpha value is -1.56. The number of amidine groups is 1. The molecule has 6 heteroatoms. The van der Waals surface area contributed by atoms with E-state index in [1.54, 1.807) is 17.0 Å². The van der Waals surface area contributed by atoms with E-state index in [0.29, 0.717) is 24.7 Å². The van der Waals surface area contributed by atoms with E-state index >= 15 is 0 Å². The number of nitrogens with zero attached hydrogens (tertiary/aromatic N) is 2. The van der Waals surface area contributed by atoms with Gasteiger partial charge in [-0.1, -0.05) is 11.8 Å². The van der Waals surface area contributed by atoms with Gasteiger partial charge in [0.2, 0.25) is 5.91 Å². The van der Waals surface area contributed by atoms with Crippen LogP contribution in [0, 0.1) is 11.7 Å². The maximum atomic E-state index is 12.9. The molecule has 4 nitrogen and oxygen atoms in total. The van der Waals surface area contributed by atoms with Crippen LogP contribution < -0.4 is 10.6 Å². The first-order chi connectivity index (χ1) is 9.10. The van der Waals surface area contributed by atoms with Crippen LogP contribution in [0.25, 0.3) is 0 Å². The van der Waals surface area contributed by atoms with Crippen LogP contribution in [-0.4, -0.2) is 30.4 Å². The highest BCUT2D eigenvalue weighted by Gasteiger charge is 2.30. The number of halogens is 1. The van der Waals surface area contributed by atoms with E-state index in [9.17, 15) is 9.18 Å². The van der Waals surface area contributed by atoms with E-state index in [0.717, 1.165) is 5.69 Å². The zero-order valence-electron chi connectivity index (χ0n) is 10.7. The summed E-state index contributed by atoms with van der Waals surface area (Å²) in [4.78, 5) is 17.8. The molecule has 1 fully saturated rings. The van der Waals surface area contributed by atoms with Crippen molar-refractivity contribution in [2.75, 3.05) is 24.2 Å². The highest BCUT2D eigenvalue weighted by atomic mass is 32.2. The molecule has 0 bridgehead atoms. The molecule has 1 aromatic rings. The highest BCUT2D eigenvalue weighted by Crippen LogP contribution is 2.25. The van der Waals surface area contributed by atoms with Gasteiger partial charge in [-0.3, -0.25) is 9.79 Å².